The predicted molar refractivity (Wildman–Crippen MR) is 83.4 cm³/mol. The maximum Gasteiger partial charge on any atom is 0.190 e. The van der Waals surface area contributed by atoms with Crippen LogP contribution in [0.3, 0.4) is 0 Å². The molecule has 0 saturated heterocycles. The van der Waals surface area contributed by atoms with Crippen LogP contribution in [0.15, 0.2) is 30.3 Å². The Labute approximate surface area is 119 Å². The minimum Gasteiger partial charge on any atom is -0.321 e. The Morgan fingerprint density at radius 2 is 2.00 bits per heavy atom. The number of thiazole rings is 1. The van der Waals surface area contributed by atoms with Gasteiger partial charge in [-0.05, 0) is 25.6 Å². The molecule has 1 heterocycles. The second kappa shape index (κ2) is 6.68. The molecule has 0 amide bonds. The van der Waals surface area contributed by atoms with E-state index < -0.39 is 0 Å². The fourth-order valence-corrected chi connectivity index (χ4v) is 3.11. The van der Waals surface area contributed by atoms with E-state index in [2.05, 4.69) is 48.5 Å². The Morgan fingerprint density at radius 1 is 1.26 bits per heavy atom. The van der Waals surface area contributed by atoms with Crippen molar-refractivity contribution in [3.8, 4) is 0 Å². The van der Waals surface area contributed by atoms with Crippen molar-refractivity contribution in [1.82, 2.24) is 10.3 Å². The smallest absolute Gasteiger partial charge is 0.190 e. The fraction of sp³-hybridized carbons (Fsp3) is 0.400. The third-order valence-electron chi connectivity index (χ3n) is 3.02. The quantitative estimate of drug-likeness (QED) is 0.873. The molecule has 1 aromatic carbocycles. The first-order chi connectivity index (χ1) is 9.26. The second-order valence-corrected chi connectivity index (χ2v) is 5.60. The van der Waals surface area contributed by atoms with Crippen molar-refractivity contribution in [2.75, 3.05) is 19.0 Å². The van der Waals surface area contributed by atoms with Crippen LogP contribution < -0.4 is 10.2 Å². The first-order valence-corrected chi connectivity index (χ1v) is 7.49. The van der Waals surface area contributed by atoms with Crippen LogP contribution in [0.5, 0.6) is 0 Å². The molecule has 0 spiro atoms. The number of aromatic nitrogens is 1. The van der Waals surface area contributed by atoms with Crippen molar-refractivity contribution >= 4 is 22.2 Å². The molecule has 102 valence electrons. The molecule has 4 heteroatoms. The molecule has 0 aliphatic heterocycles. The number of aryl methyl sites for hydroxylation is 1. The van der Waals surface area contributed by atoms with Gasteiger partial charge in [0, 0.05) is 24.2 Å². The van der Waals surface area contributed by atoms with E-state index >= 15 is 0 Å². The van der Waals surface area contributed by atoms with Gasteiger partial charge in [-0.3, -0.25) is 0 Å². The van der Waals surface area contributed by atoms with Crippen LogP contribution in [-0.2, 0) is 13.0 Å². The standard InChI is InChI=1S/C15H21N3S/c1-4-8-13-14(11-16-2)19-15(17-13)18(3)12-9-6-5-7-10-12/h5-7,9-10,16H,4,8,11H2,1-3H3. The van der Waals surface area contributed by atoms with Crippen molar-refractivity contribution in [2.45, 2.75) is 26.3 Å². The number of hydrogen-bond acceptors (Lipinski definition) is 4. The summed E-state index contributed by atoms with van der Waals surface area (Å²) in [5.41, 5.74) is 2.41. The molecule has 0 radical (unpaired) electrons. The SMILES string of the molecule is CCCc1nc(N(C)c2ccccc2)sc1CNC. The van der Waals surface area contributed by atoms with Crippen molar-refractivity contribution in [3.63, 3.8) is 0 Å². The van der Waals surface area contributed by atoms with Gasteiger partial charge in [0.2, 0.25) is 0 Å². The van der Waals surface area contributed by atoms with Gasteiger partial charge >= 0.3 is 0 Å². The van der Waals surface area contributed by atoms with Crippen molar-refractivity contribution in [3.05, 3.63) is 40.9 Å². The number of hydrogen-bond donors (Lipinski definition) is 1. The zero-order valence-corrected chi connectivity index (χ0v) is 12.6. The molecule has 0 saturated carbocycles. The molecule has 0 unspecified atom stereocenters. The van der Waals surface area contributed by atoms with Crippen molar-refractivity contribution in [2.24, 2.45) is 0 Å². The van der Waals surface area contributed by atoms with Crippen LogP contribution in [-0.4, -0.2) is 19.1 Å². The van der Waals surface area contributed by atoms with Crippen LogP contribution in [0.25, 0.3) is 0 Å². The highest BCUT2D eigenvalue weighted by Crippen LogP contribution is 2.31. The Balaban J connectivity index is 2.27. The predicted octanol–water partition coefficient (Wildman–Crippen LogP) is 3.58. The summed E-state index contributed by atoms with van der Waals surface area (Å²) in [7, 11) is 4.06. The van der Waals surface area contributed by atoms with Crippen LogP contribution in [0.4, 0.5) is 10.8 Å². The van der Waals surface area contributed by atoms with E-state index in [1.165, 1.54) is 16.3 Å². The molecule has 19 heavy (non-hydrogen) atoms. The van der Waals surface area contributed by atoms with Crippen molar-refractivity contribution < 1.29 is 0 Å². The van der Waals surface area contributed by atoms with Crippen LogP contribution in [0, 0.1) is 0 Å². The lowest BCUT2D eigenvalue weighted by Crippen LogP contribution is -2.08. The van der Waals surface area contributed by atoms with Gasteiger partial charge in [-0.15, -0.1) is 0 Å². The first-order valence-electron chi connectivity index (χ1n) is 6.68. The van der Waals surface area contributed by atoms with Gasteiger partial charge in [0.1, 0.15) is 0 Å². The second-order valence-electron chi connectivity index (χ2n) is 4.54. The maximum atomic E-state index is 4.80. The van der Waals surface area contributed by atoms with E-state index in [-0.39, 0.29) is 0 Å². The van der Waals surface area contributed by atoms with E-state index in [4.69, 9.17) is 4.98 Å². The van der Waals surface area contributed by atoms with Gasteiger partial charge in [-0.2, -0.15) is 0 Å². The van der Waals surface area contributed by atoms with Crippen LogP contribution >= 0.6 is 11.3 Å². The summed E-state index contributed by atoms with van der Waals surface area (Å²) in [4.78, 5) is 8.30. The molecule has 0 atom stereocenters. The van der Waals surface area contributed by atoms with E-state index in [0.717, 1.165) is 24.5 Å². The van der Waals surface area contributed by atoms with E-state index in [1.807, 2.05) is 13.1 Å². The van der Waals surface area contributed by atoms with Crippen LogP contribution in [0.1, 0.15) is 23.9 Å². The molecule has 1 N–H and O–H groups in total. The summed E-state index contributed by atoms with van der Waals surface area (Å²) in [5, 5.41) is 4.30. The largest absolute Gasteiger partial charge is 0.321 e. The Morgan fingerprint density at radius 3 is 2.63 bits per heavy atom. The van der Waals surface area contributed by atoms with Crippen molar-refractivity contribution in [1.29, 1.82) is 0 Å². The summed E-state index contributed by atoms with van der Waals surface area (Å²) in [6, 6.07) is 10.4. The Bertz CT molecular complexity index is 484. The topological polar surface area (TPSA) is 28.2 Å². The Hall–Kier alpha value is -1.39. The summed E-state index contributed by atoms with van der Waals surface area (Å²) in [5.74, 6) is 0. The lowest BCUT2D eigenvalue weighted by atomic mass is 10.2. The molecule has 0 fully saturated rings. The number of nitrogens with zero attached hydrogens (tertiary/aromatic N) is 2. The average Bonchev–Trinajstić information content (AvgIpc) is 2.83. The molecule has 0 bridgehead atoms. The zero-order valence-electron chi connectivity index (χ0n) is 11.8. The van der Waals surface area contributed by atoms with Gasteiger partial charge in [0.05, 0.1) is 5.69 Å². The molecular formula is C15H21N3S. The number of nitrogens with one attached hydrogen (secondary N) is 1. The van der Waals surface area contributed by atoms with Gasteiger partial charge in [0.15, 0.2) is 5.13 Å². The molecule has 3 nitrogen and oxygen atoms in total. The van der Waals surface area contributed by atoms with Crippen LogP contribution in [0.2, 0.25) is 0 Å². The highest BCUT2D eigenvalue weighted by Gasteiger charge is 2.13. The number of anilines is 2. The average molecular weight is 275 g/mol. The molecule has 0 aliphatic rings. The number of benzene rings is 1. The Kier molecular flexibility index (Phi) is 4.93. The highest BCUT2D eigenvalue weighted by atomic mass is 32.1. The summed E-state index contributed by atoms with van der Waals surface area (Å²) in [6.07, 6.45) is 2.19. The minimum absolute atomic E-state index is 0.898. The third-order valence-corrected chi connectivity index (χ3v) is 4.20. The minimum atomic E-state index is 0.898. The summed E-state index contributed by atoms with van der Waals surface area (Å²) in [6.45, 7) is 3.10. The monoisotopic (exact) mass is 275 g/mol. The summed E-state index contributed by atoms with van der Waals surface area (Å²) >= 11 is 1.78. The molecule has 2 aromatic rings. The van der Waals surface area contributed by atoms with Gasteiger partial charge in [-0.1, -0.05) is 42.9 Å². The number of para-hydroxylation sites is 1. The van der Waals surface area contributed by atoms with E-state index in [9.17, 15) is 0 Å². The molecule has 1 aromatic heterocycles. The zero-order chi connectivity index (χ0) is 13.7. The van der Waals surface area contributed by atoms with Gasteiger partial charge in [0.25, 0.3) is 0 Å². The highest BCUT2D eigenvalue weighted by molar-refractivity contribution is 7.15. The first kappa shape index (κ1) is 14.0. The lowest BCUT2D eigenvalue weighted by molar-refractivity contribution is 0.798. The molecule has 0 aliphatic carbocycles. The molecular weight excluding hydrogens is 254 g/mol. The lowest BCUT2D eigenvalue weighted by Gasteiger charge is -2.15. The van der Waals surface area contributed by atoms with Gasteiger partial charge < -0.3 is 10.2 Å². The maximum absolute atomic E-state index is 4.80. The third kappa shape index (κ3) is 3.33. The summed E-state index contributed by atoms with van der Waals surface area (Å²) < 4.78 is 0. The van der Waals surface area contributed by atoms with Gasteiger partial charge in [-0.25, -0.2) is 4.98 Å². The van der Waals surface area contributed by atoms with E-state index in [0.29, 0.717) is 0 Å². The normalized spacial score (nSPS) is 10.7. The molecule has 2 rings (SSSR count). The van der Waals surface area contributed by atoms with E-state index in [1.54, 1.807) is 11.3 Å². The fourth-order valence-electron chi connectivity index (χ4n) is 2.01. The number of rotatable bonds is 6.